The molecule has 1 aliphatic rings. The highest BCUT2D eigenvalue weighted by Gasteiger charge is 2.30. The van der Waals surface area contributed by atoms with Crippen molar-refractivity contribution in [1.82, 2.24) is 14.9 Å². The minimum absolute atomic E-state index is 0.139. The van der Waals surface area contributed by atoms with E-state index in [-0.39, 0.29) is 6.23 Å². The Bertz CT molecular complexity index is 1000. The smallest absolute Gasteiger partial charge is 0.171 e. The molecule has 5 heteroatoms. The van der Waals surface area contributed by atoms with Crippen LogP contribution >= 0.6 is 0 Å². The number of fused-ring (bicyclic) bond motifs is 3. The van der Waals surface area contributed by atoms with Gasteiger partial charge in [-0.1, -0.05) is 12.1 Å². The molecule has 4 rings (SSSR count). The van der Waals surface area contributed by atoms with Crippen molar-refractivity contribution in [2.45, 2.75) is 27.0 Å². The topological polar surface area (TPSA) is 53.2 Å². The number of ether oxygens (including phenoxy) is 1. The predicted octanol–water partition coefficient (Wildman–Crippen LogP) is 4.67. The molecule has 0 radical (unpaired) electrons. The SMILES string of the molecule is CCNc1cccc(C2=CN(C)C(OCC)c3[nH]c4ncc(C)cc4c32)c1. The van der Waals surface area contributed by atoms with Gasteiger partial charge in [0, 0.05) is 54.8 Å². The van der Waals surface area contributed by atoms with Crippen molar-refractivity contribution in [2.24, 2.45) is 0 Å². The van der Waals surface area contributed by atoms with Gasteiger partial charge < -0.3 is 19.9 Å². The van der Waals surface area contributed by atoms with Gasteiger partial charge in [0.15, 0.2) is 6.23 Å². The van der Waals surface area contributed by atoms with Crippen molar-refractivity contribution < 1.29 is 4.74 Å². The zero-order chi connectivity index (χ0) is 19.0. The highest BCUT2D eigenvalue weighted by atomic mass is 16.5. The first kappa shape index (κ1) is 17.6. The maximum Gasteiger partial charge on any atom is 0.171 e. The lowest BCUT2D eigenvalue weighted by Crippen LogP contribution is -2.27. The van der Waals surface area contributed by atoms with Crippen LogP contribution in [0, 0.1) is 6.92 Å². The highest BCUT2D eigenvalue weighted by Crippen LogP contribution is 2.42. The number of hydrogen-bond donors (Lipinski definition) is 2. The van der Waals surface area contributed by atoms with Crippen LogP contribution in [-0.2, 0) is 4.74 Å². The van der Waals surface area contributed by atoms with E-state index in [9.17, 15) is 0 Å². The van der Waals surface area contributed by atoms with Crippen LogP contribution in [0.25, 0.3) is 16.6 Å². The van der Waals surface area contributed by atoms with Crippen LogP contribution in [0.15, 0.2) is 42.7 Å². The van der Waals surface area contributed by atoms with Gasteiger partial charge in [0.05, 0.1) is 5.69 Å². The number of nitrogens with one attached hydrogen (secondary N) is 2. The van der Waals surface area contributed by atoms with Crippen LogP contribution in [0.4, 0.5) is 5.69 Å². The Hall–Kier alpha value is -2.79. The first-order valence-electron chi connectivity index (χ1n) is 9.50. The number of anilines is 1. The third-order valence-electron chi connectivity index (χ3n) is 4.91. The van der Waals surface area contributed by atoms with Crippen LogP contribution in [-0.4, -0.2) is 35.1 Å². The van der Waals surface area contributed by atoms with E-state index in [0.29, 0.717) is 6.61 Å². The summed E-state index contributed by atoms with van der Waals surface area (Å²) in [6.45, 7) is 7.76. The molecule has 0 fully saturated rings. The standard InChI is InChI=1S/C22H26N4O/c1-5-23-16-9-7-8-15(11-16)18-13-26(4)22(27-6-2)20-19(18)17-10-14(3)12-24-21(17)25-20/h7-13,22-23H,5-6H2,1-4H3,(H,24,25). The summed E-state index contributed by atoms with van der Waals surface area (Å²) in [4.78, 5) is 10.3. The minimum atomic E-state index is -0.139. The molecular weight excluding hydrogens is 336 g/mol. The largest absolute Gasteiger partial charge is 0.385 e. The average Bonchev–Trinajstić information content (AvgIpc) is 3.03. The summed E-state index contributed by atoms with van der Waals surface area (Å²) in [5.74, 6) is 0. The van der Waals surface area contributed by atoms with Gasteiger partial charge in [-0.15, -0.1) is 0 Å². The van der Waals surface area contributed by atoms with Crippen molar-refractivity contribution in [3.8, 4) is 0 Å². The van der Waals surface area contributed by atoms with E-state index < -0.39 is 0 Å². The van der Waals surface area contributed by atoms with Crippen LogP contribution in [0.2, 0.25) is 0 Å². The van der Waals surface area contributed by atoms with Gasteiger partial charge in [-0.3, -0.25) is 0 Å². The third kappa shape index (κ3) is 3.08. The molecule has 3 aromatic rings. The molecule has 1 aliphatic heterocycles. The Balaban J connectivity index is 1.93. The van der Waals surface area contributed by atoms with Gasteiger partial charge >= 0.3 is 0 Å². The lowest BCUT2D eigenvalue weighted by atomic mass is 9.93. The van der Waals surface area contributed by atoms with E-state index in [0.717, 1.165) is 34.5 Å². The Morgan fingerprint density at radius 3 is 2.89 bits per heavy atom. The summed E-state index contributed by atoms with van der Waals surface area (Å²) in [5, 5.41) is 4.55. The van der Waals surface area contributed by atoms with Crippen LogP contribution in [0.1, 0.15) is 42.5 Å². The number of benzene rings is 1. The number of hydrogen-bond acceptors (Lipinski definition) is 4. The lowest BCUT2D eigenvalue weighted by molar-refractivity contribution is -0.0260. The van der Waals surface area contributed by atoms with Crippen LogP contribution < -0.4 is 5.32 Å². The fourth-order valence-electron chi connectivity index (χ4n) is 3.79. The van der Waals surface area contributed by atoms with E-state index in [4.69, 9.17) is 4.74 Å². The second kappa shape index (κ2) is 7.08. The van der Waals surface area contributed by atoms with Crippen molar-refractivity contribution in [3.05, 3.63) is 65.1 Å². The number of H-pyrrole nitrogens is 1. The van der Waals surface area contributed by atoms with Crippen molar-refractivity contribution in [3.63, 3.8) is 0 Å². The quantitative estimate of drug-likeness (QED) is 0.692. The summed E-state index contributed by atoms with van der Waals surface area (Å²) >= 11 is 0. The fourth-order valence-corrected chi connectivity index (χ4v) is 3.79. The van der Waals surface area contributed by atoms with Crippen molar-refractivity contribution in [1.29, 1.82) is 0 Å². The number of aromatic nitrogens is 2. The molecule has 2 N–H and O–H groups in total. The van der Waals surface area contributed by atoms with Gasteiger partial charge in [-0.2, -0.15) is 0 Å². The van der Waals surface area contributed by atoms with Gasteiger partial charge in [-0.05, 0) is 50.1 Å². The summed E-state index contributed by atoms with van der Waals surface area (Å²) in [6, 6.07) is 10.8. The fraction of sp³-hybridized carbons (Fsp3) is 0.318. The van der Waals surface area contributed by atoms with Crippen molar-refractivity contribution >= 4 is 22.3 Å². The van der Waals surface area contributed by atoms with Gasteiger partial charge in [0.25, 0.3) is 0 Å². The summed E-state index contributed by atoms with van der Waals surface area (Å²) < 4.78 is 6.04. The minimum Gasteiger partial charge on any atom is -0.385 e. The number of pyridine rings is 1. The Labute approximate surface area is 160 Å². The monoisotopic (exact) mass is 362 g/mol. The molecule has 1 unspecified atom stereocenters. The van der Waals surface area contributed by atoms with E-state index >= 15 is 0 Å². The highest BCUT2D eigenvalue weighted by molar-refractivity contribution is 5.98. The molecule has 140 valence electrons. The Kier molecular flexibility index (Phi) is 4.62. The molecule has 1 aromatic carbocycles. The zero-order valence-electron chi connectivity index (χ0n) is 16.3. The number of nitrogens with zero attached hydrogens (tertiary/aromatic N) is 2. The molecule has 1 atom stereocenters. The van der Waals surface area contributed by atoms with E-state index in [2.05, 4.69) is 77.6 Å². The van der Waals surface area contributed by atoms with Crippen LogP contribution in [0.3, 0.4) is 0 Å². The molecule has 0 saturated heterocycles. The molecule has 0 saturated carbocycles. The molecule has 2 aromatic heterocycles. The van der Waals surface area contributed by atoms with Gasteiger partial charge in [0.2, 0.25) is 0 Å². The molecule has 0 aliphatic carbocycles. The molecule has 0 amide bonds. The normalized spacial score (nSPS) is 16.4. The predicted molar refractivity (Wildman–Crippen MR) is 111 cm³/mol. The average molecular weight is 362 g/mol. The molecule has 0 spiro atoms. The van der Waals surface area contributed by atoms with Crippen molar-refractivity contribution in [2.75, 3.05) is 25.5 Å². The van der Waals surface area contributed by atoms with E-state index in [1.165, 1.54) is 16.7 Å². The first-order valence-corrected chi connectivity index (χ1v) is 9.50. The maximum absolute atomic E-state index is 6.04. The van der Waals surface area contributed by atoms with Gasteiger partial charge in [0.1, 0.15) is 5.65 Å². The Morgan fingerprint density at radius 2 is 2.11 bits per heavy atom. The summed E-state index contributed by atoms with van der Waals surface area (Å²) in [7, 11) is 2.06. The van der Waals surface area contributed by atoms with E-state index in [1.807, 2.05) is 13.1 Å². The molecule has 27 heavy (non-hydrogen) atoms. The first-order chi connectivity index (χ1) is 13.1. The number of aryl methyl sites for hydroxylation is 1. The van der Waals surface area contributed by atoms with E-state index in [1.54, 1.807) is 0 Å². The molecule has 5 nitrogen and oxygen atoms in total. The maximum atomic E-state index is 6.04. The third-order valence-corrected chi connectivity index (χ3v) is 4.91. The zero-order valence-corrected chi connectivity index (χ0v) is 16.3. The molecular formula is C22H26N4O. The lowest BCUT2D eigenvalue weighted by Gasteiger charge is -2.32. The molecule has 3 heterocycles. The summed E-state index contributed by atoms with van der Waals surface area (Å²) in [6.07, 6.45) is 3.95. The second-order valence-corrected chi connectivity index (χ2v) is 6.95. The number of rotatable bonds is 5. The number of aromatic amines is 1. The summed E-state index contributed by atoms with van der Waals surface area (Å²) in [5.41, 5.74) is 7.79. The molecule has 0 bridgehead atoms. The van der Waals surface area contributed by atoms with Crippen LogP contribution in [0.5, 0.6) is 0 Å². The van der Waals surface area contributed by atoms with Gasteiger partial charge in [-0.25, -0.2) is 4.98 Å². The Morgan fingerprint density at radius 1 is 1.26 bits per heavy atom. The second-order valence-electron chi connectivity index (χ2n) is 6.95.